The maximum Gasteiger partial charge on any atom is 0.246 e. The molecule has 4 amide bonds. The van der Waals surface area contributed by atoms with Gasteiger partial charge in [-0.1, -0.05) is 86.1 Å². The normalized spacial score (nSPS) is 19.6. The fraction of sp³-hybridized carbons (Fsp3) is 0.385. The van der Waals surface area contributed by atoms with Gasteiger partial charge in [0.05, 0.1) is 6.04 Å². The summed E-state index contributed by atoms with van der Waals surface area (Å²) in [4.78, 5) is 64.7. The zero-order chi connectivity index (χ0) is 35.4. The van der Waals surface area contributed by atoms with Crippen molar-refractivity contribution in [3.05, 3.63) is 107 Å². The number of carbonyl (C=O) groups is 4. The first-order valence-electron chi connectivity index (χ1n) is 17.4. The smallest absolute Gasteiger partial charge is 0.246 e. The van der Waals surface area contributed by atoms with Gasteiger partial charge in [0, 0.05) is 61.1 Å². The number of carbonyl (C=O) groups excluding carboxylic acids is 4. The zero-order valence-corrected chi connectivity index (χ0v) is 29.3. The van der Waals surface area contributed by atoms with Crippen LogP contribution < -0.4 is 11.1 Å². The fourth-order valence-corrected chi connectivity index (χ4v) is 7.63. The van der Waals surface area contributed by atoms with Gasteiger partial charge < -0.3 is 30.7 Å². The molecule has 0 aliphatic carbocycles. The molecule has 1 aromatic heterocycles. The molecule has 3 heterocycles. The number of hydrogen-bond acceptors (Lipinski definition) is 5. The summed E-state index contributed by atoms with van der Waals surface area (Å²) in [6.45, 7) is 5.19. The van der Waals surface area contributed by atoms with Crippen LogP contribution in [0, 0.1) is 5.92 Å². The van der Waals surface area contributed by atoms with Crippen molar-refractivity contribution in [3.63, 3.8) is 0 Å². The number of amides is 4. The van der Waals surface area contributed by atoms with Crippen molar-refractivity contribution in [3.8, 4) is 0 Å². The second kappa shape index (κ2) is 15.5. The number of nitrogens with zero attached hydrogens (tertiary/aromatic N) is 3. The standard InChI is InChI=1S/C39H45ClN6O4/c1-25(2)19-33(36(41)47)45-17-18-46(34(38(45)49)22-26-9-4-3-5-10-26)39(50)35(23-28-24-43-31-14-7-6-13-30(28)31)44-16-15-42-32(37(44)48)21-27-11-8-12-29(40)20-27/h3-14,20,24-25,32-35,42-43H,15-19,21-23H2,1-2H3,(H2,41,47)/t32-,33-,34-,35-/m0/s1. The Balaban J connectivity index is 1.36. The van der Waals surface area contributed by atoms with E-state index >= 15 is 4.79 Å². The number of fused-ring (bicyclic) bond motifs is 1. The Morgan fingerprint density at radius 1 is 0.860 bits per heavy atom. The second-order valence-electron chi connectivity index (χ2n) is 13.8. The van der Waals surface area contributed by atoms with E-state index in [-0.39, 0.29) is 49.6 Å². The summed E-state index contributed by atoms with van der Waals surface area (Å²) >= 11 is 6.26. The van der Waals surface area contributed by atoms with Crippen LogP contribution in [0.3, 0.4) is 0 Å². The minimum absolute atomic E-state index is 0.131. The molecule has 2 aliphatic rings. The van der Waals surface area contributed by atoms with Crippen molar-refractivity contribution in [2.75, 3.05) is 26.2 Å². The van der Waals surface area contributed by atoms with Crippen LogP contribution in [0.2, 0.25) is 5.02 Å². The second-order valence-corrected chi connectivity index (χ2v) is 14.2. The zero-order valence-electron chi connectivity index (χ0n) is 28.6. The highest BCUT2D eigenvalue weighted by atomic mass is 35.5. The molecule has 0 unspecified atom stereocenters. The molecule has 2 saturated heterocycles. The van der Waals surface area contributed by atoms with E-state index in [4.69, 9.17) is 17.3 Å². The van der Waals surface area contributed by atoms with Crippen LogP contribution in [-0.4, -0.2) is 93.7 Å². The van der Waals surface area contributed by atoms with Gasteiger partial charge in [-0.05, 0) is 53.6 Å². The molecule has 2 aliphatic heterocycles. The number of benzene rings is 3. The highest BCUT2D eigenvalue weighted by Crippen LogP contribution is 2.27. The fourth-order valence-electron chi connectivity index (χ4n) is 7.41. The molecule has 4 N–H and O–H groups in total. The minimum Gasteiger partial charge on any atom is -0.368 e. The topological polar surface area (TPSA) is 132 Å². The van der Waals surface area contributed by atoms with Gasteiger partial charge >= 0.3 is 0 Å². The molecule has 262 valence electrons. The summed E-state index contributed by atoms with van der Waals surface area (Å²) in [5, 5.41) is 4.92. The number of aromatic nitrogens is 1. The van der Waals surface area contributed by atoms with Crippen molar-refractivity contribution in [2.45, 2.75) is 63.7 Å². The summed E-state index contributed by atoms with van der Waals surface area (Å²) in [7, 11) is 0. The lowest BCUT2D eigenvalue weighted by molar-refractivity contribution is -0.160. The summed E-state index contributed by atoms with van der Waals surface area (Å²) in [6, 6.07) is 21.8. The van der Waals surface area contributed by atoms with E-state index < -0.39 is 30.1 Å². The number of nitrogens with two attached hydrogens (primary N) is 1. The van der Waals surface area contributed by atoms with Crippen molar-refractivity contribution in [2.24, 2.45) is 11.7 Å². The van der Waals surface area contributed by atoms with Gasteiger partial charge in [-0.3, -0.25) is 19.2 Å². The van der Waals surface area contributed by atoms with Crippen LogP contribution in [0.1, 0.15) is 37.0 Å². The van der Waals surface area contributed by atoms with Crippen molar-refractivity contribution in [1.29, 1.82) is 0 Å². The molecular weight excluding hydrogens is 652 g/mol. The van der Waals surface area contributed by atoms with Crippen LogP contribution in [0.25, 0.3) is 10.9 Å². The maximum atomic E-state index is 15.1. The number of H-pyrrole nitrogens is 1. The predicted molar refractivity (Wildman–Crippen MR) is 194 cm³/mol. The third-order valence-electron chi connectivity index (χ3n) is 9.88. The van der Waals surface area contributed by atoms with Crippen LogP contribution in [-0.2, 0) is 38.4 Å². The lowest BCUT2D eigenvalue weighted by Crippen LogP contribution is -2.67. The van der Waals surface area contributed by atoms with E-state index in [9.17, 15) is 14.4 Å². The molecule has 3 aromatic carbocycles. The monoisotopic (exact) mass is 696 g/mol. The Labute approximate surface area is 297 Å². The van der Waals surface area contributed by atoms with Crippen LogP contribution in [0.4, 0.5) is 0 Å². The highest BCUT2D eigenvalue weighted by molar-refractivity contribution is 6.30. The van der Waals surface area contributed by atoms with Crippen molar-refractivity contribution < 1.29 is 19.2 Å². The summed E-state index contributed by atoms with van der Waals surface area (Å²) < 4.78 is 0. The Kier molecular flexibility index (Phi) is 10.9. The van der Waals surface area contributed by atoms with E-state index in [1.54, 1.807) is 20.8 Å². The third-order valence-corrected chi connectivity index (χ3v) is 10.1. The summed E-state index contributed by atoms with van der Waals surface area (Å²) in [5.41, 5.74) is 9.51. The van der Waals surface area contributed by atoms with Crippen LogP contribution in [0.15, 0.2) is 85.1 Å². The largest absolute Gasteiger partial charge is 0.368 e. The van der Waals surface area contributed by atoms with E-state index in [2.05, 4.69) is 10.3 Å². The molecule has 2 fully saturated rings. The lowest BCUT2D eigenvalue weighted by atomic mass is 9.94. The molecule has 4 atom stereocenters. The quantitative estimate of drug-likeness (QED) is 0.207. The Morgan fingerprint density at radius 2 is 1.58 bits per heavy atom. The third kappa shape index (κ3) is 7.71. The molecule has 11 heteroatoms. The van der Waals surface area contributed by atoms with E-state index in [1.807, 2.05) is 92.8 Å². The van der Waals surface area contributed by atoms with E-state index in [0.29, 0.717) is 31.0 Å². The lowest BCUT2D eigenvalue weighted by Gasteiger charge is -2.46. The van der Waals surface area contributed by atoms with Gasteiger partial charge in [-0.15, -0.1) is 0 Å². The Hall–Kier alpha value is -4.67. The predicted octanol–water partition coefficient (Wildman–Crippen LogP) is 3.96. The van der Waals surface area contributed by atoms with E-state index in [1.165, 1.54) is 0 Å². The first-order chi connectivity index (χ1) is 24.1. The summed E-state index contributed by atoms with van der Waals surface area (Å²) in [6.07, 6.45) is 3.28. The summed E-state index contributed by atoms with van der Waals surface area (Å²) in [5.74, 6) is -1.20. The SMILES string of the molecule is CC(C)C[C@@H](C(N)=O)N1CCN(C(=O)[C@H](Cc2c[nH]c3ccccc23)N2CCN[C@@H](Cc3cccc(Cl)c3)C2=O)[C@@H](Cc2ccccc2)C1=O. The molecule has 0 saturated carbocycles. The highest BCUT2D eigenvalue weighted by Gasteiger charge is 2.46. The van der Waals surface area contributed by atoms with Crippen LogP contribution >= 0.6 is 11.6 Å². The Bertz CT molecular complexity index is 1840. The molecule has 50 heavy (non-hydrogen) atoms. The van der Waals surface area contributed by atoms with Gasteiger partial charge in [-0.25, -0.2) is 0 Å². The number of nitrogens with one attached hydrogen (secondary N) is 2. The van der Waals surface area contributed by atoms with Crippen molar-refractivity contribution >= 4 is 46.1 Å². The number of halogens is 1. The first-order valence-corrected chi connectivity index (χ1v) is 17.8. The number of piperazine rings is 2. The molecule has 0 spiro atoms. The molecule has 6 rings (SSSR count). The average molecular weight is 697 g/mol. The van der Waals surface area contributed by atoms with Gasteiger partial charge in [-0.2, -0.15) is 0 Å². The molecule has 4 aromatic rings. The minimum atomic E-state index is -0.876. The molecule has 0 bridgehead atoms. The van der Waals surface area contributed by atoms with Gasteiger partial charge in [0.2, 0.25) is 23.6 Å². The van der Waals surface area contributed by atoms with Gasteiger partial charge in [0.15, 0.2) is 0 Å². The number of para-hydroxylation sites is 1. The molecule has 10 nitrogen and oxygen atoms in total. The molecule has 0 radical (unpaired) electrons. The van der Waals surface area contributed by atoms with Gasteiger partial charge in [0.1, 0.15) is 18.1 Å². The molecular formula is C39H45ClN6O4. The van der Waals surface area contributed by atoms with Crippen molar-refractivity contribution in [1.82, 2.24) is 25.0 Å². The first kappa shape index (κ1) is 35.2. The maximum absolute atomic E-state index is 15.1. The number of primary amides is 1. The number of aromatic amines is 1. The average Bonchev–Trinajstić information content (AvgIpc) is 3.51. The van der Waals surface area contributed by atoms with Crippen LogP contribution in [0.5, 0.6) is 0 Å². The Morgan fingerprint density at radius 3 is 2.32 bits per heavy atom. The number of hydrogen-bond donors (Lipinski definition) is 3. The van der Waals surface area contributed by atoms with E-state index in [0.717, 1.165) is 27.6 Å². The van der Waals surface area contributed by atoms with Gasteiger partial charge in [0.25, 0.3) is 0 Å². The number of rotatable bonds is 12.